The molecule has 1 aromatic carbocycles. The monoisotopic (exact) mass is 307 g/mol. The summed E-state index contributed by atoms with van der Waals surface area (Å²) in [5.41, 5.74) is 1.02. The zero-order valence-corrected chi connectivity index (χ0v) is 12.5. The zero-order valence-electron chi connectivity index (χ0n) is 12.5. The van der Waals surface area contributed by atoms with Crippen LogP contribution in [0.2, 0.25) is 0 Å². The third kappa shape index (κ3) is 4.54. The molecule has 1 aromatic rings. The van der Waals surface area contributed by atoms with Gasteiger partial charge in [-0.3, -0.25) is 9.59 Å². The Morgan fingerprint density at radius 3 is 2.59 bits per heavy atom. The number of ether oxygens (including phenoxy) is 1. The van der Waals surface area contributed by atoms with Gasteiger partial charge in [-0.1, -0.05) is 30.3 Å². The first kappa shape index (κ1) is 16.5. The summed E-state index contributed by atoms with van der Waals surface area (Å²) in [4.78, 5) is 24.1. The lowest BCUT2D eigenvalue weighted by atomic mass is 10.2. The topological polar surface area (TPSA) is 87.1 Å². The second-order valence-corrected chi connectivity index (χ2v) is 5.66. The van der Waals surface area contributed by atoms with Gasteiger partial charge >= 0.3 is 5.97 Å². The van der Waals surface area contributed by atoms with Crippen molar-refractivity contribution < 1.29 is 24.5 Å². The number of hydrogen-bond donors (Lipinski definition) is 2. The average molecular weight is 307 g/mol. The molecule has 0 heterocycles. The fraction of sp³-hybridized carbons (Fsp3) is 0.500. The summed E-state index contributed by atoms with van der Waals surface area (Å²) in [6, 6.07) is 9.61. The summed E-state index contributed by atoms with van der Waals surface area (Å²) >= 11 is 0. The second kappa shape index (κ2) is 7.38. The van der Waals surface area contributed by atoms with Crippen LogP contribution >= 0.6 is 0 Å². The number of likely N-dealkylation sites (N-methyl/N-ethyl adjacent to an activating group) is 1. The SMILES string of the molecule is CN(C[C@H](O)COCc1ccccc1)C(=O)[C@H]1C[C@H]1C(=O)O. The number of aliphatic hydroxyl groups is 1. The van der Waals surface area contributed by atoms with Crippen molar-refractivity contribution in [2.45, 2.75) is 19.1 Å². The highest BCUT2D eigenvalue weighted by Gasteiger charge is 2.49. The minimum Gasteiger partial charge on any atom is -0.481 e. The summed E-state index contributed by atoms with van der Waals surface area (Å²) in [5.74, 6) is -2.17. The zero-order chi connectivity index (χ0) is 16.1. The molecule has 22 heavy (non-hydrogen) atoms. The summed E-state index contributed by atoms with van der Waals surface area (Å²) in [6.45, 7) is 0.662. The maximum absolute atomic E-state index is 12.0. The number of rotatable bonds is 8. The van der Waals surface area contributed by atoms with Crippen molar-refractivity contribution in [3.63, 3.8) is 0 Å². The number of nitrogens with zero attached hydrogens (tertiary/aromatic N) is 1. The molecule has 0 spiro atoms. The standard InChI is InChI=1S/C16H21NO5/c1-17(15(19)13-7-14(13)16(20)21)8-12(18)10-22-9-11-5-3-2-4-6-11/h2-6,12-14,18H,7-10H2,1H3,(H,20,21)/t12-,13-,14+/m0/s1. The number of hydrogen-bond acceptors (Lipinski definition) is 4. The predicted molar refractivity (Wildman–Crippen MR) is 79.0 cm³/mol. The number of benzene rings is 1. The van der Waals surface area contributed by atoms with Gasteiger partial charge in [-0.25, -0.2) is 0 Å². The quantitative estimate of drug-likeness (QED) is 0.740. The lowest BCUT2D eigenvalue weighted by Gasteiger charge is -2.21. The average Bonchev–Trinajstić information content (AvgIpc) is 3.28. The molecule has 1 fully saturated rings. The molecule has 2 rings (SSSR count). The summed E-state index contributed by atoms with van der Waals surface area (Å²) in [6.07, 6.45) is -0.404. The molecular weight excluding hydrogens is 286 g/mol. The maximum atomic E-state index is 12.0. The number of carboxylic acids is 1. The van der Waals surface area contributed by atoms with E-state index in [2.05, 4.69) is 0 Å². The third-order valence-corrected chi connectivity index (χ3v) is 3.71. The van der Waals surface area contributed by atoms with Crippen LogP contribution in [0.5, 0.6) is 0 Å². The first-order valence-electron chi connectivity index (χ1n) is 7.26. The van der Waals surface area contributed by atoms with Crippen molar-refractivity contribution in [1.82, 2.24) is 4.90 Å². The largest absolute Gasteiger partial charge is 0.481 e. The van der Waals surface area contributed by atoms with E-state index in [1.54, 1.807) is 7.05 Å². The van der Waals surface area contributed by atoms with Crippen LogP contribution in [-0.4, -0.2) is 53.3 Å². The Morgan fingerprint density at radius 1 is 1.32 bits per heavy atom. The Labute approximate surface area is 129 Å². The van der Waals surface area contributed by atoms with Gasteiger partial charge < -0.3 is 19.8 Å². The van der Waals surface area contributed by atoms with Crippen LogP contribution in [-0.2, 0) is 20.9 Å². The lowest BCUT2D eigenvalue weighted by Crippen LogP contribution is -2.37. The van der Waals surface area contributed by atoms with Gasteiger partial charge in [0.1, 0.15) is 0 Å². The second-order valence-electron chi connectivity index (χ2n) is 5.66. The summed E-state index contributed by atoms with van der Waals surface area (Å²) in [7, 11) is 1.57. The molecule has 1 aliphatic carbocycles. The molecule has 6 nitrogen and oxygen atoms in total. The Hall–Kier alpha value is -1.92. The number of aliphatic hydroxyl groups excluding tert-OH is 1. The Kier molecular flexibility index (Phi) is 5.51. The van der Waals surface area contributed by atoms with E-state index in [0.29, 0.717) is 13.0 Å². The third-order valence-electron chi connectivity index (χ3n) is 3.71. The lowest BCUT2D eigenvalue weighted by molar-refractivity contribution is -0.142. The highest BCUT2D eigenvalue weighted by molar-refractivity contribution is 5.89. The summed E-state index contributed by atoms with van der Waals surface area (Å²) < 4.78 is 5.42. The van der Waals surface area contributed by atoms with Gasteiger partial charge in [0.2, 0.25) is 5.91 Å². The van der Waals surface area contributed by atoms with Crippen LogP contribution in [0.15, 0.2) is 30.3 Å². The molecule has 3 atom stereocenters. The van der Waals surface area contributed by atoms with Crippen molar-refractivity contribution in [3.05, 3.63) is 35.9 Å². The molecule has 0 unspecified atom stereocenters. The normalized spacial score (nSPS) is 21.2. The van der Waals surface area contributed by atoms with Crippen molar-refractivity contribution in [2.24, 2.45) is 11.8 Å². The molecule has 6 heteroatoms. The van der Waals surface area contributed by atoms with E-state index in [1.165, 1.54) is 4.90 Å². The molecule has 0 radical (unpaired) electrons. The van der Waals surface area contributed by atoms with E-state index in [-0.39, 0.29) is 19.1 Å². The van der Waals surface area contributed by atoms with Crippen LogP contribution in [0.4, 0.5) is 0 Å². The van der Waals surface area contributed by atoms with E-state index >= 15 is 0 Å². The molecule has 0 saturated heterocycles. The van der Waals surface area contributed by atoms with Crippen molar-refractivity contribution >= 4 is 11.9 Å². The number of carbonyl (C=O) groups is 2. The Balaban J connectivity index is 1.67. The minimum atomic E-state index is -0.932. The van der Waals surface area contributed by atoms with Crippen molar-refractivity contribution in [2.75, 3.05) is 20.2 Å². The van der Waals surface area contributed by atoms with Crippen LogP contribution in [0.25, 0.3) is 0 Å². The molecule has 120 valence electrons. The molecule has 1 aliphatic rings. The van der Waals surface area contributed by atoms with Crippen LogP contribution in [0, 0.1) is 11.8 Å². The fourth-order valence-electron chi connectivity index (χ4n) is 2.37. The van der Waals surface area contributed by atoms with Gasteiger partial charge in [0.05, 0.1) is 31.2 Å². The highest BCUT2D eigenvalue weighted by atomic mass is 16.5. The minimum absolute atomic E-state index is 0.125. The van der Waals surface area contributed by atoms with E-state index in [1.807, 2.05) is 30.3 Å². The molecule has 0 bridgehead atoms. The summed E-state index contributed by atoms with van der Waals surface area (Å²) in [5, 5.41) is 18.7. The van der Waals surface area contributed by atoms with E-state index in [9.17, 15) is 14.7 Å². The number of amides is 1. The molecule has 2 N–H and O–H groups in total. The van der Waals surface area contributed by atoms with Gasteiger partial charge in [-0.05, 0) is 12.0 Å². The van der Waals surface area contributed by atoms with Gasteiger partial charge in [-0.2, -0.15) is 0 Å². The number of aliphatic carboxylic acids is 1. The van der Waals surface area contributed by atoms with Crippen molar-refractivity contribution in [1.29, 1.82) is 0 Å². The van der Waals surface area contributed by atoms with Crippen LogP contribution < -0.4 is 0 Å². The smallest absolute Gasteiger partial charge is 0.307 e. The van der Waals surface area contributed by atoms with E-state index < -0.39 is 23.9 Å². The molecular formula is C16H21NO5. The van der Waals surface area contributed by atoms with E-state index in [0.717, 1.165) is 5.56 Å². The molecule has 0 aliphatic heterocycles. The predicted octanol–water partition coefficient (Wildman–Crippen LogP) is 0.743. The van der Waals surface area contributed by atoms with E-state index in [4.69, 9.17) is 9.84 Å². The fourth-order valence-corrected chi connectivity index (χ4v) is 2.37. The number of carbonyl (C=O) groups excluding carboxylic acids is 1. The van der Waals surface area contributed by atoms with Crippen LogP contribution in [0.1, 0.15) is 12.0 Å². The highest BCUT2D eigenvalue weighted by Crippen LogP contribution is 2.39. The van der Waals surface area contributed by atoms with Gasteiger partial charge in [0.25, 0.3) is 0 Å². The van der Waals surface area contributed by atoms with Gasteiger partial charge in [0, 0.05) is 13.6 Å². The number of carboxylic acid groups (broad SMARTS) is 1. The first-order chi connectivity index (χ1) is 10.5. The molecule has 1 saturated carbocycles. The van der Waals surface area contributed by atoms with Crippen molar-refractivity contribution in [3.8, 4) is 0 Å². The maximum Gasteiger partial charge on any atom is 0.307 e. The van der Waals surface area contributed by atoms with Gasteiger partial charge in [0.15, 0.2) is 0 Å². The molecule has 1 amide bonds. The van der Waals surface area contributed by atoms with Gasteiger partial charge in [-0.15, -0.1) is 0 Å². The first-order valence-corrected chi connectivity index (χ1v) is 7.26. The van der Waals surface area contributed by atoms with Crippen LogP contribution in [0.3, 0.4) is 0 Å². The Bertz CT molecular complexity index is 519. The Morgan fingerprint density at radius 2 is 2.00 bits per heavy atom. The molecule has 0 aromatic heterocycles.